The van der Waals surface area contributed by atoms with Crippen molar-refractivity contribution in [2.45, 2.75) is 6.54 Å². The number of hydrogen-bond acceptors (Lipinski definition) is 4. The van der Waals surface area contributed by atoms with Gasteiger partial charge in [-0.3, -0.25) is 19.1 Å². The van der Waals surface area contributed by atoms with Crippen molar-refractivity contribution < 1.29 is 9.53 Å². The second kappa shape index (κ2) is 4.52. The van der Waals surface area contributed by atoms with Gasteiger partial charge in [0, 0.05) is 19.4 Å². The Hall–Kier alpha value is -1.69. The van der Waals surface area contributed by atoms with E-state index < -0.39 is 11.2 Å². The third kappa shape index (κ3) is 2.67. The molecule has 76 valence electrons. The Morgan fingerprint density at radius 3 is 2.86 bits per heavy atom. The summed E-state index contributed by atoms with van der Waals surface area (Å²) in [4.78, 5) is 34.9. The number of aromatic amines is 1. The van der Waals surface area contributed by atoms with Crippen molar-refractivity contribution in [2.24, 2.45) is 0 Å². The van der Waals surface area contributed by atoms with Crippen LogP contribution >= 0.6 is 0 Å². The highest BCUT2D eigenvalue weighted by Crippen LogP contribution is 1.81. The normalized spacial score (nSPS) is 10.1. The maximum absolute atomic E-state index is 11.1. The van der Waals surface area contributed by atoms with Gasteiger partial charge in [-0.05, 0) is 0 Å². The van der Waals surface area contributed by atoms with Crippen molar-refractivity contribution in [1.82, 2.24) is 9.55 Å². The second-order valence-electron chi connectivity index (χ2n) is 2.71. The van der Waals surface area contributed by atoms with Crippen LogP contribution in [-0.2, 0) is 16.1 Å². The number of H-pyrrole nitrogens is 1. The van der Waals surface area contributed by atoms with Gasteiger partial charge in [-0.1, -0.05) is 0 Å². The van der Waals surface area contributed by atoms with Gasteiger partial charge in [0.2, 0.25) is 0 Å². The molecule has 1 rings (SSSR count). The van der Waals surface area contributed by atoms with Crippen LogP contribution in [0.25, 0.3) is 0 Å². The smallest absolute Gasteiger partial charge is 0.328 e. The van der Waals surface area contributed by atoms with Gasteiger partial charge >= 0.3 is 5.69 Å². The fourth-order valence-corrected chi connectivity index (χ4v) is 0.965. The molecular weight excluding hydrogens is 188 g/mol. The van der Waals surface area contributed by atoms with E-state index in [1.165, 1.54) is 19.4 Å². The molecule has 1 aromatic rings. The van der Waals surface area contributed by atoms with Crippen molar-refractivity contribution in [2.75, 3.05) is 13.7 Å². The molecule has 0 saturated carbocycles. The summed E-state index contributed by atoms with van der Waals surface area (Å²) >= 11 is 0. The number of methoxy groups -OCH3 is 1. The molecule has 0 radical (unpaired) electrons. The van der Waals surface area contributed by atoms with Crippen LogP contribution in [0.3, 0.4) is 0 Å². The number of aromatic nitrogens is 2. The van der Waals surface area contributed by atoms with Crippen LogP contribution in [0.4, 0.5) is 0 Å². The zero-order valence-electron chi connectivity index (χ0n) is 7.65. The maximum atomic E-state index is 11.1. The van der Waals surface area contributed by atoms with E-state index in [-0.39, 0.29) is 18.9 Å². The molecule has 0 amide bonds. The summed E-state index contributed by atoms with van der Waals surface area (Å²) in [5.74, 6) is -0.235. The highest BCUT2D eigenvalue weighted by atomic mass is 16.5. The van der Waals surface area contributed by atoms with Gasteiger partial charge in [-0.25, -0.2) is 4.79 Å². The van der Waals surface area contributed by atoms with Crippen LogP contribution in [0.15, 0.2) is 21.9 Å². The Kier molecular flexibility index (Phi) is 3.35. The first-order chi connectivity index (χ1) is 6.63. The number of ether oxygens (including phenoxy) is 1. The molecule has 0 aliphatic heterocycles. The van der Waals surface area contributed by atoms with Gasteiger partial charge in [0.15, 0.2) is 5.78 Å². The first-order valence-electron chi connectivity index (χ1n) is 3.94. The molecule has 1 N–H and O–H groups in total. The van der Waals surface area contributed by atoms with E-state index >= 15 is 0 Å². The first-order valence-corrected chi connectivity index (χ1v) is 3.94. The summed E-state index contributed by atoms with van der Waals surface area (Å²) in [7, 11) is 1.40. The minimum Gasteiger partial charge on any atom is -0.377 e. The molecule has 0 bridgehead atoms. The van der Waals surface area contributed by atoms with Gasteiger partial charge in [0.1, 0.15) is 6.61 Å². The standard InChI is InChI=1S/C8H10N2O4/c1-14-5-6(11)4-10-3-2-7(12)9-8(10)13/h2-3H,4-5H2,1H3,(H,9,12,13). The Morgan fingerprint density at radius 2 is 2.29 bits per heavy atom. The molecular formula is C8H10N2O4. The molecule has 0 aromatic carbocycles. The third-order valence-corrected chi connectivity index (χ3v) is 1.55. The van der Waals surface area contributed by atoms with Crippen molar-refractivity contribution in [3.05, 3.63) is 33.1 Å². The van der Waals surface area contributed by atoms with Crippen LogP contribution in [0.5, 0.6) is 0 Å². The van der Waals surface area contributed by atoms with E-state index in [2.05, 4.69) is 4.74 Å². The highest BCUT2D eigenvalue weighted by molar-refractivity contribution is 5.79. The SMILES string of the molecule is COCC(=O)Cn1ccc(=O)[nH]c1=O. The van der Waals surface area contributed by atoms with E-state index in [1.54, 1.807) is 0 Å². The summed E-state index contributed by atoms with van der Waals surface area (Å²) in [6, 6.07) is 1.18. The van der Waals surface area contributed by atoms with Crippen molar-refractivity contribution >= 4 is 5.78 Å². The van der Waals surface area contributed by atoms with Crippen molar-refractivity contribution in [3.8, 4) is 0 Å². The fraction of sp³-hybridized carbons (Fsp3) is 0.375. The van der Waals surface area contributed by atoms with Crippen molar-refractivity contribution in [1.29, 1.82) is 0 Å². The van der Waals surface area contributed by atoms with E-state index in [4.69, 9.17) is 0 Å². The molecule has 0 saturated heterocycles. The van der Waals surface area contributed by atoms with Crippen LogP contribution in [0, 0.1) is 0 Å². The first kappa shape index (κ1) is 10.4. The number of Topliss-reactive ketones (excluding diaryl/α,β-unsaturated/α-hetero) is 1. The third-order valence-electron chi connectivity index (χ3n) is 1.55. The second-order valence-corrected chi connectivity index (χ2v) is 2.71. The number of nitrogens with zero attached hydrogens (tertiary/aromatic N) is 1. The molecule has 1 aromatic heterocycles. The van der Waals surface area contributed by atoms with E-state index in [0.717, 1.165) is 4.57 Å². The lowest BCUT2D eigenvalue weighted by molar-refractivity contribution is -0.123. The van der Waals surface area contributed by atoms with Crippen LogP contribution < -0.4 is 11.2 Å². The Morgan fingerprint density at radius 1 is 1.57 bits per heavy atom. The highest BCUT2D eigenvalue weighted by Gasteiger charge is 2.03. The number of ketones is 1. The quantitative estimate of drug-likeness (QED) is 0.655. The predicted molar refractivity (Wildman–Crippen MR) is 48.2 cm³/mol. The number of nitrogens with one attached hydrogen (secondary N) is 1. The molecule has 6 nitrogen and oxygen atoms in total. The van der Waals surface area contributed by atoms with Gasteiger partial charge in [-0.15, -0.1) is 0 Å². The monoisotopic (exact) mass is 198 g/mol. The molecule has 0 atom stereocenters. The van der Waals surface area contributed by atoms with Gasteiger partial charge in [0.25, 0.3) is 5.56 Å². The summed E-state index contributed by atoms with van der Waals surface area (Å²) in [6.45, 7) is -0.144. The molecule has 0 spiro atoms. The Balaban J connectivity index is 2.82. The van der Waals surface area contributed by atoms with Gasteiger partial charge in [-0.2, -0.15) is 0 Å². The molecule has 6 heteroatoms. The van der Waals surface area contributed by atoms with Crippen LogP contribution in [-0.4, -0.2) is 29.1 Å². The summed E-state index contributed by atoms with van der Waals surface area (Å²) in [6.07, 6.45) is 1.27. The molecule has 14 heavy (non-hydrogen) atoms. The van der Waals surface area contributed by atoms with Crippen molar-refractivity contribution in [3.63, 3.8) is 0 Å². The van der Waals surface area contributed by atoms with E-state index in [9.17, 15) is 14.4 Å². The number of rotatable bonds is 4. The predicted octanol–water partition coefficient (Wildman–Crippen LogP) is -1.25. The average molecular weight is 198 g/mol. The zero-order valence-corrected chi connectivity index (χ0v) is 7.65. The van der Waals surface area contributed by atoms with Crippen LogP contribution in [0.1, 0.15) is 0 Å². The molecule has 0 unspecified atom stereocenters. The van der Waals surface area contributed by atoms with E-state index in [1.807, 2.05) is 4.98 Å². The maximum Gasteiger partial charge on any atom is 0.328 e. The topological polar surface area (TPSA) is 81.2 Å². The number of hydrogen-bond donors (Lipinski definition) is 1. The Bertz CT molecular complexity index is 431. The molecule has 0 aliphatic rings. The summed E-state index contributed by atoms with van der Waals surface area (Å²) in [5.41, 5.74) is -1.08. The van der Waals surface area contributed by atoms with Gasteiger partial charge in [0.05, 0.1) is 6.54 Å². The molecule has 0 fully saturated rings. The lowest BCUT2D eigenvalue weighted by Gasteiger charge is -2.02. The van der Waals surface area contributed by atoms with Gasteiger partial charge < -0.3 is 4.74 Å². The molecule has 1 heterocycles. The number of carbonyl (C=O) groups excluding carboxylic acids is 1. The lowest BCUT2D eigenvalue weighted by Crippen LogP contribution is -2.31. The van der Waals surface area contributed by atoms with E-state index in [0.29, 0.717) is 0 Å². The summed E-state index contributed by atoms with van der Waals surface area (Å²) in [5, 5.41) is 0. The molecule has 0 aliphatic carbocycles. The minimum atomic E-state index is -0.595. The average Bonchev–Trinajstić information content (AvgIpc) is 2.10. The summed E-state index contributed by atoms with van der Waals surface area (Å²) < 4.78 is 5.72. The number of carbonyl (C=O) groups is 1. The largest absolute Gasteiger partial charge is 0.377 e. The Labute approximate surface area is 79.1 Å². The van der Waals surface area contributed by atoms with Crippen LogP contribution in [0.2, 0.25) is 0 Å². The zero-order chi connectivity index (χ0) is 10.6. The lowest BCUT2D eigenvalue weighted by atomic mass is 10.4. The minimum absolute atomic E-state index is 0.0500. The fourth-order valence-electron chi connectivity index (χ4n) is 0.965.